The number of hydrogen-bond acceptors (Lipinski definition) is 6. The van der Waals surface area contributed by atoms with Gasteiger partial charge in [-0.2, -0.15) is 0 Å². The lowest BCUT2D eigenvalue weighted by atomic mass is 9.90. The first-order chi connectivity index (χ1) is 14.8. The van der Waals surface area contributed by atoms with E-state index in [1.807, 2.05) is 36.4 Å². The van der Waals surface area contributed by atoms with Gasteiger partial charge >= 0.3 is 5.97 Å². The van der Waals surface area contributed by atoms with Crippen LogP contribution in [0.2, 0.25) is 0 Å². The first kappa shape index (κ1) is 21.1. The molecule has 8 heteroatoms. The first-order valence-corrected chi connectivity index (χ1v) is 11.7. The van der Waals surface area contributed by atoms with Gasteiger partial charge in [0.25, 0.3) is 0 Å². The van der Waals surface area contributed by atoms with Gasteiger partial charge in [0, 0.05) is 5.57 Å². The SMILES string of the molecule is COC(=O)/C(=C(/c1ccccc1)c1ccc2nc(N)n(S(=O)(=O)C(C)C)c2c1)C1CC1. The molecule has 4 rings (SSSR count). The summed E-state index contributed by atoms with van der Waals surface area (Å²) in [6, 6.07) is 14.9. The molecule has 7 nitrogen and oxygen atoms in total. The van der Waals surface area contributed by atoms with Crippen LogP contribution in [0.15, 0.2) is 54.1 Å². The Morgan fingerprint density at radius 3 is 2.39 bits per heavy atom. The zero-order chi connectivity index (χ0) is 22.3. The second kappa shape index (κ2) is 7.85. The first-order valence-electron chi connectivity index (χ1n) is 10.2. The number of anilines is 1. The number of hydrogen-bond donors (Lipinski definition) is 1. The van der Waals surface area contributed by atoms with Crippen LogP contribution in [0, 0.1) is 5.92 Å². The molecule has 0 amide bonds. The number of aromatic nitrogens is 2. The van der Waals surface area contributed by atoms with Gasteiger partial charge in [-0.3, -0.25) is 0 Å². The second-order valence-electron chi connectivity index (χ2n) is 7.95. The Balaban J connectivity index is 2.03. The van der Waals surface area contributed by atoms with Crippen molar-refractivity contribution in [2.75, 3.05) is 12.8 Å². The highest BCUT2D eigenvalue weighted by Gasteiger charge is 2.35. The average Bonchev–Trinajstić information content (AvgIpc) is 3.52. The van der Waals surface area contributed by atoms with Gasteiger partial charge in [0.15, 0.2) is 0 Å². The van der Waals surface area contributed by atoms with Gasteiger partial charge < -0.3 is 10.5 Å². The van der Waals surface area contributed by atoms with Crippen LogP contribution in [0.25, 0.3) is 16.6 Å². The van der Waals surface area contributed by atoms with E-state index in [0.29, 0.717) is 22.2 Å². The van der Waals surface area contributed by atoms with E-state index in [9.17, 15) is 13.2 Å². The molecule has 1 aromatic heterocycles. The summed E-state index contributed by atoms with van der Waals surface area (Å²) >= 11 is 0. The third-order valence-electron chi connectivity index (χ3n) is 5.50. The molecule has 2 aromatic carbocycles. The van der Waals surface area contributed by atoms with Crippen LogP contribution in [-0.4, -0.2) is 35.7 Å². The molecule has 1 saturated carbocycles. The van der Waals surface area contributed by atoms with Gasteiger partial charge in [-0.15, -0.1) is 0 Å². The fraction of sp³-hybridized carbons (Fsp3) is 0.304. The Hall–Kier alpha value is -3.13. The van der Waals surface area contributed by atoms with Crippen molar-refractivity contribution < 1.29 is 17.9 Å². The van der Waals surface area contributed by atoms with Gasteiger partial charge in [-0.05, 0) is 61.4 Å². The van der Waals surface area contributed by atoms with Gasteiger partial charge in [-0.1, -0.05) is 36.4 Å². The minimum Gasteiger partial charge on any atom is -0.466 e. The van der Waals surface area contributed by atoms with Crippen molar-refractivity contribution in [2.24, 2.45) is 5.92 Å². The fourth-order valence-corrected chi connectivity index (χ4v) is 4.89. The number of nitrogens with zero attached hydrogens (tertiary/aromatic N) is 2. The zero-order valence-corrected chi connectivity index (χ0v) is 18.5. The van der Waals surface area contributed by atoms with Gasteiger partial charge in [-0.25, -0.2) is 22.2 Å². The Morgan fingerprint density at radius 1 is 1.13 bits per heavy atom. The normalized spacial score (nSPS) is 15.2. The van der Waals surface area contributed by atoms with Crippen LogP contribution in [0.5, 0.6) is 0 Å². The highest BCUT2D eigenvalue weighted by molar-refractivity contribution is 7.90. The van der Waals surface area contributed by atoms with Crippen LogP contribution in [0.3, 0.4) is 0 Å². The number of fused-ring (bicyclic) bond motifs is 1. The van der Waals surface area contributed by atoms with Crippen molar-refractivity contribution in [1.29, 1.82) is 0 Å². The number of carbonyl (C=O) groups is 1. The molecule has 0 bridgehead atoms. The number of nitrogens with two attached hydrogens (primary N) is 1. The summed E-state index contributed by atoms with van der Waals surface area (Å²) in [6.07, 6.45) is 1.82. The second-order valence-corrected chi connectivity index (χ2v) is 10.3. The monoisotopic (exact) mass is 439 g/mol. The minimum absolute atomic E-state index is 0.0820. The number of imidazole rings is 1. The van der Waals surface area contributed by atoms with E-state index in [-0.39, 0.29) is 17.8 Å². The number of ether oxygens (including phenoxy) is 1. The summed E-state index contributed by atoms with van der Waals surface area (Å²) in [5.41, 5.74) is 9.78. The third-order valence-corrected chi connectivity index (χ3v) is 7.58. The summed E-state index contributed by atoms with van der Waals surface area (Å²) in [6.45, 7) is 3.20. The van der Waals surface area contributed by atoms with Gasteiger partial charge in [0.1, 0.15) is 0 Å². The molecule has 0 atom stereocenters. The predicted molar refractivity (Wildman–Crippen MR) is 121 cm³/mol. The lowest BCUT2D eigenvalue weighted by molar-refractivity contribution is -0.136. The molecule has 1 heterocycles. The van der Waals surface area contributed by atoms with Crippen LogP contribution in [0.4, 0.5) is 5.95 Å². The number of carbonyl (C=O) groups excluding carboxylic acids is 1. The summed E-state index contributed by atoms with van der Waals surface area (Å²) in [4.78, 5) is 17.0. The highest BCUT2D eigenvalue weighted by Crippen LogP contribution is 2.43. The van der Waals surface area contributed by atoms with Crippen molar-refractivity contribution in [3.8, 4) is 0 Å². The predicted octanol–water partition coefficient (Wildman–Crippen LogP) is 3.59. The molecular formula is C23H25N3O4S. The molecule has 1 aliphatic carbocycles. The zero-order valence-electron chi connectivity index (χ0n) is 17.7. The third kappa shape index (κ3) is 3.72. The van der Waals surface area contributed by atoms with E-state index in [1.165, 1.54) is 7.11 Å². The van der Waals surface area contributed by atoms with Crippen LogP contribution >= 0.6 is 0 Å². The van der Waals surface area contributed by atoms with E-state index >= 15 is 0 Å². The van der Waals surface area contributed by atoms with Crippen LogP contribution in [0.1, 0.15) is 37.8 Å². The quantitative estimate of drug-likeness (QED) is 0.465. The Morgan fingerprint density at radius 2 is 1.81 bits per heavy atom. The maximum Gasteiger partial charge on any atom is 0.334 e. The topological polar surface area (TPSA) is 104 Å². The summed E-state index contributed by atoms with van der Waals surface area (Å²) in [7, 11) is -2.35. The molecule has 0 radical (unpaired) electrons. The molecule has 3 aromatic rings. The van der Waals surface area contributed by atoms with E-state index in [0.717, 1.165) is 28.0 Å². The molecule has 0 aliphatic heterocycles. The van der Waals surface area contributed by atoms with Gasteiger partial charge in [0.05, 0.1) is 23.4 Å². The van der Waals surface area contributed by atoms with Crippen molar-refractivity contribution in [2.45, 2.75) is 31.9 Å². The lowest BCUT2D eigenvalue weighted by Gasteiger charge is -2.16. The summed E-state index contributed by atoms with van der Waals surface area (Å²) in [5, 5.41) is -0.669. The summed E-state index contributed by atoms with van der Waals surface area (Å²) in [5.74, 6) is -0.335. The molecule has 1 fully saturated rings. The van der Waals surface area contributed by atoms with E-state index in [1.54, 1.807) is 26.0 Å². The molecular weight excluding hydrogens is 414 g/mol. The average molecular weight is 440 g/mol. The van der Waals surface area contributed by atoms with Crippen molar-refractivity contribution >= 4 is 38.5 Å². The molecule has 0 spiro atoms. The molecule has 31 heavy (non-hydrogen) atoms. The Kier molecular flexibility index (Phi) is 5.35. The number of rotatable bonds is 6. The number of benzene rings is 2. The Bertz CT molecular complexity index is 1290. The van der Waals surface area contributed by atoms with Crippen molar-refractivity contribution in [3.05, 3.63) is 65.2 Å². The highest BCUT2D eigenvalue weighted by atomic mass is 32.2. The van der Waals surface area contributed by atoms with Crippen molar-refractivity contribution in [3.63, 3.8) is 0 Å². The fourth-order valence-electron chi connectivity index (χ4n) is 3.74. The maximum absolute atomic E-state index is 12.9. The maximum atomic E-state index is 12.9. The lowest BCUT2D eigenvalue weighted by Crippen LogP contribution is -2.23. The van der Waals surface area contributed by atoms with E-state index < -0.39 is 15.3 Å². The molecule has 2 N–H and O–H groups in total. The van der Waals surface area contributed by atoms with E-state index in [4.69, 9.17) is 10.5 Å². The van der Waals surface area contributed by atoms with Gasteiger partial charge in [0.2, 0.25) is 16.0 Å². The summed E-state index contributed by atoms with van der Waals surface area (Å²) < 4.78 is 32.1. The largest absolute Gasteiger partial charge is 0.466 e. The molecule has 162 valence electrons. The number of nitrogen functional groups attached to an aromatic ring is 1. The molecule has 0 saturated heterocycles. The van der Waals surface area contributed by atoms with Crippen LogP contribution < -0.4 is 5.73 Å². The Labute approximate surface area is 181 Å². The standard InChI is InChI=1S/C23H25N3O4S/c1-14(2)31(28,29)26-19-13-17(11-12-18(19)25-23(26)24)20(15-7-5-4-6-8-15)21(16-9-10-16)22(27)30-3/h4-8,11-14,16H,9-10H2,1-3H3,(H2,24,25)/b21-20-. The number of esters is 1. The molecule has 0 unspecified atom stereocenters. The minimum atomic E-state index is -3.72. The van der Waals surface area contributed by atoms with Crippen molar-refractivity contribution in [1.82, 2.24) is 8.96 Å². The van der Waals surface area contributed by atoms with E-state index in [2.05, 4.69) is 4.98 Å². The smallest absolute Gasteiger partial charge is 0.334 e. The molecule has 1 aliphatic rings. The van der Waals surface area contributed by atoms with Crippen LogP contribution in [-0.2, 0) is 19.6 Å². The number of methoxy groups -OCH3 is 1.